The van der Waals surface area contributed by atoms with Gasteiger partial charge in [0.2, 0.25) is 0 Å². The SMILES string of the molecule is CC(NC(C)c1ccccc1[N+](=O)[O-])c1nn[nH]n1. The summed E-state index contributed by atoms with van der Waals surface area (Å²) in [6.07, 6.45) is 0. The van der Waals surface area contributed by atoms with Crippen molar-refractivity contribution in [2.45, 2.75) is 25.9 Å². The summed E-state index contributed by atoms with van der Waals surface area (Å²) in [6, 6.07) is 6.30. The lowest BCUT2D eigenvalue weighted by Crippen LogP contribution is -2.24. The fourth-order valence-electron chi connectivity index (χ4n) is 1.91. The van der Waals surface area contributed by atoms with Gasteiger partial charge in [-0.15, -0.1) is 10.2 Å². The van der Waals surface area contributed by atoms with Crippen LogP contribution in [0.15, 0.2) is 24.3 Å². The van der Waals surface area contributed by atoms with Crippen LogP contribution < -0.4 is 5.32 Å². The molecule has 0 amide bonds. The molecule has 2 rings (SSSR count). The van der Waals surface area contributed by atoms with Gasteiger partial charge in [-0.2, -0.15) is 5.21 Å². The highest BCUT2D eigenvalue weighted by molar-refractivity contribution is 5.41. The van der Waals surface area contributed by atoms with E-state index in [9.17, 15) is 10.1 Å². The summed E-state index contributed by atoms with van der Waals surface area (Å²) in [7, 11) is 0. The van der Waals surface area contributed by atoms with Crippen LogP contribution in [0, 0.1) is 10.1 Å². The largest absolute Gasteiger partial charge is 0.300 e. The number of hydrogen-bond acceptors (Lipinski definition) is 6. The van der Waals surface area contributed by atoms with Crippen LogP contribution in [0.3, 0.4) is 0 Å². The van der Waals surface area contributed by atoms with Crippen LogP contribution in [-0.2, 0) is 0 Å². The summed E-state index contributed by atoms with van der Waals surface area (Å²) in [5.41, 5.74) is 0.727. The van der Waals surface area contributed by atoms with Crippen molar-refractivity contribution in [1.29, 1.82) is 0 Å². The van der Waals surface area contributed by atoms with Crippen LogP contribution in [-0.4, -0.2) is 25.5 Å². The maximum absolute atomic E-state index is 11.0. The Morgan fingerprint density at radius 3 is 2.68 bits per heavy atom. The predicted octanol–water partition coefficient (Wildman–Crippen LogP) is 1.52. The molecule has 100 valence electrons. The van der Waals surface area contributed by atoms with Gasteiger partial charge in [0.15, 0.2) is 5.82 Å². The van der Waals surface area contributed by atoms with Crippen LogP contribution in [0.2, 0.25) is 0 Å². The van der Waals surface area contributed by atoms with Crippen molar-refractivity contribution in [3.05, 3.63) is 45.8 Å². The second-order valence-corrected chi connectivity index (χ2v) is 4.20. The average molecular weight is 262 g/mol. The Labute approximate surface area is 109 Å². The number of nitro groups is 1. The van der Waals surface area contributed by atoms with Gasteiger partial charge < -0.3 is 5.32 Å². The summed E-state index contributed by atoms with van der Waals surface area (Å²) >= 11 is 0. The first-order chi connectivity index (χ1) is 9.09. The summed E-state index contributed by atoms with van der Waals surface area (Å²) in [4.78, 5) is 10.6. The topological polar surface area (TPSA) is 110 Å². The van der Waals surface area contributed by atoms with Crippen LogP contribution in [0.4, 0.5) is 5.69 Å². The predicted molar refractivity (Wildman–Crippen MR) is 67.2 cm³/mol. The van der Waals surface area contributed by atoms with Crippen molar-refractivity contribution in [3.8, 4) is 0 Å². The Morgan fingerprint density at radius 2 is 2.05 bits per heavy atom. The van der Waals surface area contributed by atoms with Crippen molar-refractivity contribution in [2.24, 2.45) is 0 Å². The number of rotatable bonds is 5. The van der Waals surface area contributed by atoms with Gasteiger partial charge in [-0.05, 0) is 13.8 Å². The van der Waals surface area contributed by atoms with Crippen molar-refractivity contribution >= 4 is 5.69 Å². The van der Waals surface area contributed by atoms with E-state index >= 15 is 0 Å². The molecule has 8 heteroatoms. The lowest BCUT2D eigenvalue weighted by atomic mass is 10.1. The lowest BCUT2D eigenvalue weighted by molar-refractivity contribution is -0.385. The first-order valence-corrected chi connectivity index (χ1v) is 5.82. The molecule has 8 nitrogen and oxygen atoms in total. The highest BCUT2D eigenvalue weighted by Crippen LogP contribution is 2.25. The first-order valence-electron chi connectivity index (χ1n) is 5.82. The quantitative estimate of drug-likeness (QED) is 0.624. The smallest absolute Gasteiger partial charge is 0.274 e. The van der Waals surface area contributed by atoms with E-state index in [4.69, 9.17) is 0 Å². The molecule has 0 aliphatic heterocycles. The summed E-state index contributed by atoms with van der Waals surface area (Å²) < 4.78 is 0. The molecule has 0 radical (unpaired) electrons. The molecule has 0 aliphatic rings. The zero-order valence-electron chi connectivity index (χ0n) is 10.6. The fraction of sp³-hybridized carbons (Fsp3) is 0.364. The number of nitrogens with one attached hydrogen (secondary N) is 2. The van der Waals surface area contributed by atoms with Gasteiger partial charge in [-0.1, -0.05) is 23.4 Å². The van der Waals surface area contributed by atoms with E-state index in [0.717, 1.165) is 0 Å². The number of aromatic amines is 1. The molecule has 1 aromatic carbocycles. The van der Waals surface area contributed by atoms with E-state index < -0.39 is 0 Å². The minimum Gasteiger partial charge on any atom is -0.300 e. The van der Waals surface area contributed by atoms with Crippen LogP contribution in [0.25, 0.3) is 0 Å². The van der Waals surface area contributed by atoms with Gasteiger partial charge in [0.25, 0.3) is 5.69 Å². The van der Waals surface area contributed by atoms with E-state index in [-0.39, 0.29) is 22.7 Å². The number of H-pyrrole nitrogens is 1. The highest BCUT2D eigenvalue weighted by atomic mass is 16.6. The number of hydrogen-bond donors (Lipinski definition) is 2. The first kappa shape index (κ1) is 13.1. The van der Waals surface area contributed by atoms with Gasteiger partial charge in [0.05, 0.1) is 11.0 Å². The monoisotopic (exact) mass is 262 g/mol. The van der Waals surface area contributed by atoms with Crippen molar-refractivity contribution in [3.63, 3.8) is 0 Å². The normalized spacial score (nSPS) is 14.0. The molecule has 19 heavy (non-hydrogen) atoms. The molecule has 0 saturated carbocycles. The van der Waals surface area contributed by atoms with E-state index in [1.54, 1.807) is 18.2 Å². The Kier molecular flexibility index (Phi) is 3.81. The second-order valence-electron chi connectivity index (χ2n) is 4.20. The third-order valence-electron chi connectivity index (χ3n) is 2.85. The number of aromatic nitrogens is 4. The van der Waals surface area contributed by atoms with E-state index in [1.807, 2.05) is 13.8 Å². The van der Waals surface area contributed by atoms with Crippen LogP contribution >= 0.6 is 0 Å². The zero-order chi connectivity index (χ0) is 13.8. The van der Waals surface area contributed by atoms with E-state index in [0.29, 0.717) is 11.4 Å². The zero-order valence-corrected chi connectivity index (χ0v) is 10.6. The molecule has 0 fully saturated rings. The maximum Gasteiger partial charge on any atom is 0.274 e. The molecule has 2 N–H and O–H groups in total. The Balaban J connectivity index is 2.16. The molecule has 0 bridgehead atoms. The van der Waals surface area contributed by atoms with Gasteiger partial charge >= 0.3 is 0 Å². The van der Waals surface area contributed by atoms with Gasteiger partial charge in [-0.25, -0.2) is 0 Å². The molecular formula is C11H14N6O2. The third-order valence-corrected chi connectivity index (χ3v) is 2.85. The van der Waals surface area contributed by atoms with Gasteiger partial charge in [0.1, 0.15) is 0 Å². The minimum atomic E-state index is -0.382. The van der Waals surface area contributed by atoms with Gasteiger partial charge in [-0.3, -0.25) is 10.1 Å². The Bertz CT molecular complexity index is 556. The van der Waals surface area contributed by atoms with Crippen LogP contribution in [0.5, 0.6) is 0 Å². The third kappa shape index (κ3) is 2.91. The Hall–Kier alpha value is -2.35. The fourth-order valence-corrected chi connectivity index (χ4v) is 1.91. The molecule has 0 spiro atoms. The number of para-hydroxylation sites is 1. The number of tetrazole rings is 1. The van der Waals surface area contributed by atoms with Crippen molar-refractivity contribution in [1.82, 2.24) is 25.9 Å². The van der Waals surface area contributed by atoms with E-state index in [2.05, 4.69) is 25.9 Å². The number of nitro benzene ring substituents is 1. The molecule has 1 aromatic heterocycles. The van der Waals surface area contributed by atoms with Crippen molar-refractivity contribution in [2.75, 3.05) is 0 Å². The molecule has 0 saturated heterocycles. The second kappa shape index (κ2) is 5.53. The molecular weight excluding hydrogens is 248 g/mol. The van der Waals surface area contributed by atoms with Gasteiger partial charge in [0, 0.05) is 17.7 Å². The molecule has 0 aliphatic carbocycles. The summed E-state index contributed by atoms with van der Waals surface area (Å²) in [5, 5.41) is 27.8. The summed E-state index contributed by atoms with van der Waals surface area (Å²) in [5.74, 6) is 0.519. The lowest BCUT2D eigenvalue weighted by Gasteiger charge is -2.17. The number of nitrogens with zero attached hydrogens (tertiary/aromatic N) is 4. The average Bonchev–Trinajstić information content (AvgIpc) is 2.92. The molecule has 2 atom stereocenters. The minimum absolute atomic E-state index is 0.0998. The van der Waals surface area contributed by atoms with E-state index in [1.165, 1.54) is 6.07 Å². The van der Waals surface area contributed by atoms with Crippen LogP contribution in [0.1, 0.15) is 37.3 Å². The number of benzene rings is 1. The molecule has 2 unspecified atom stereocenters. The Morgan fingerprint density at radius 1 is 1.32 bits per heavy atom. The maximum atomic E-state index is 11.0. The highest BCUT2D eigenvalue weighted by Gasteiger charge is 2.20. The molecule has 1 heterocycles. The summed E-state index contributed by atoms with van der Waals surface area (Å²) in [6.45, 7) is 3.73. The standard InChI is InChI=1S/C11H14N6O2/c1-7(12-8(2)11-13-15-16-14-11)9-5-3-4-6-10(9)17(18)19/h3-8,12H,1-2H3,(H,13,14,15,16). The molecule has 2 aromatic rings. The van der Waals surface area contributed by atoms with Crippen molar-refractivity contribution < 1.29 is 4.92 Å².